The Bertz CT molecular complexity index is 425. The van der Waals surface area contributed by atoms with Crippen LogP contribution < -0.4 is 5.32 Å². The van der Waals surface area contributed by atoms with E-state index in [1.54, 1.807) is 0 Å². The van der Waals surface area contributed by atoms with Gasteiger partial charge in [0, 0.05) is 34.4 Å². The molecule has 0 spiro atoms. The lowest BCUT2D eigenvalue weighted by Gasteiger charge is -2.33. The zero-order chi connectivity index (χ0) is 15.5. The van der Waals surface area contributed by atoms with Gasteiger partial charge >= 0.3 is 0 Å². The van der Waals surface area contributed by atoms with Crippen molar-refractivity contribution in [1.29, 1.82) is 0 Å². The molecular weight excluding hydrogens is 276 g/mol. The minimum absolute atomic E-state index is 0.194. The molecule has 0 atom stereocenters. The molecule has 0 amide bonds. The predicted octanol–water partition coefficient (Wildman–Crippen LogP) is 4.65. The number of hydrogen-bond donors (Lipinski definition) is 1. The van der Waals surface area contributed by atoms with Crippen LogP contribution in [0.2, 0.25) is 0 Å². The minimum Gasteiger partial charge on any atom is -0.307 e. The number of rotatable bonds is 5. The van der Waals surface area contributed by atoms with E-state index in [9.17, 15) is 0 Å². The Hall–Kier alpha value is -0.380. The summed E-state index contributed by atoms with van der Waals surface area (Å²) in [5.41, 5.74) is 0.194. The van der Waals surface area contributed by atoms with Crippen molar-refractivity contribution in [2.24, 2.45) is 5.92 Å². The second-order valence-electron chi connectivity index (χ2n) is 7.80. The van der Waals surface area contributed by atoms with Crippen molar-refractivity contribution in [3.05, 3.63) is 21.9 Å². The first kappa shape index (κ1) is 17.0. The molecule has 2 rings (SSSR count). The zero-order valence-electron chi connectivity index (χ0n) is 14.4. The van der Waals surface area contributed by atoms with Crippen LogP contribution in [0.3, 0.4) is 0 Å². The van der Waals surface area contributed by atoms with Crippen molar-refractivity contribution in [2.75, 3.05) is 7.05 Å². The second kappa shape index (κ2) is 7.26. The van der Waals surface area contributed by atoms with E-state index < -0.39 is 0 Å². The number of thiophene rings is 1. The van der Waals surface area contributed by atoms with Crippen LogP contribution in [0, 0.1) is 5.92 Å². The maximum atomic E-state index is 3.57. The summed E-state index contributed by atoms with van der Waals surface area (Å²) in [6.45, 7) is 11.2. The van der Waals surface area contributed by atoms with Crippen LogP contribution in [0.4, 0.5) is 0 Å². The summed E-state index contributed by atoms with van der Waals surface area (Å²) in [5, 5.41) is 3.57. The van der Waals surface area contributed by atoms with Crippen molar-refractivity contribution in [1.82, 2.24) is 10.2 Å². The highest BCUT2D eigenvalue weighted by Gasteiger charge is 2.22. The third kappa shape index (κ3) is 5.72. The van der Waals surface area contributed by atoms with Gasteiger partial charge in [0.05, 0.1) is 0 Å². The molecule has 1 aromatic heterocycles. The molecule has 1 aromatic rings. The number of nitrogens with zero attached hydrogens (tertiary/aromatic N) is 1. The maximum absolute atomic E-state index is 3.57. The molecule has 0 aromatic carbocycles. The maximum Gasteiger partial charge on any atom is 0.0327 e. The van der Waals surface area contributed by atoms with E-state index in [0.717, 1.165) is 25.0 Å². The van der Waals surface area contributed by atoms with Crippen LogP contribution in [0.15, 0.2) is 12.1 Å². The fourth-order valence-corrected chi connectivity index (χ4v) is 4.03. The third-order valence-electron chi connectivity index (χ3n) is 4.52. The van der Waals surface area contributed by atoms with E-state index in [4.69, 9.17) is 0 Å². The Balaban J connectivity index is 1.81. The summed E-state index contributed by atoms with van der Waals surface area (Å²) in [4.78, 5) is 5.52. The zero-order valence-corrected chi connectivity index (χ0v) is 15.2. The molecule has 1 N–H and O–H groups in total. The molecule has 0 unspecified atom stereocenters. The van der Waals surface area contributed by atoms with Crippen molar-refractivity contribution >= 4 is 11.3 Å². The molecule has 2 nitrogen and oxygen atoms in total. The van der Waals surface area contributed by atoms with Gasteiger partial charge in [0.1, 0.15) is 0 Å². The van der Waals surface area contributed by atoms with Crippen LogP contribution in [-0.4, -0.2) is 23.5 Å². The van der Waals surface area contributed by atoms with E-state index in [2.05, 4.69) is 57.1 Å². The van der Waals surface area contributed by atoms with Crippen LogP contribution >= 0.6 is 11.3 Å². The van der Waals surface area contributed by atoms with Crippen molar-refractivity contribution in [2.45, 2.75) is 78.0 Å². The summed E-state index contributed by atoms with van der Waals surface area (Å²) in [6, 6.07) is 5.39. The fourth-order valence-electron chi connectivity index (χ4n) is 3.01. The van der Waals surface area contributed by atoms with E-state index in [1.165, 1.54) is 35.4 Å². The highest BCUT2D eigenvalue weighted by molar-refractivity contribution is 7.11. The summed E-state index contributed by atoms with van der Waals surface area (Å²) >= 11 is 1.96. The van der Waals surface area contributed by atoms with Gasteiger partial charge in [-0.25, -0.2) is 0 Å². The Morgan fingerprint density at radius 3 is 2.38 bits per heavy atom. The quantitative estimate of drug-likeness (QED) is 0.852. The topological polar surface area (TPSA) is 15.3 Å². The summed E-state index contributed by atoms with van der Waals surface area (Å²) in [5.74, 6) is 0.937. The van der Waals surface area contributed by atoms with E-state index in [0.29, 0.717) is 0 Å². The molecule has 120 valence electrons. The van der Waals surface area contributed by atoms with E-state index in [-0.39, 0.29) is 5.54 Å². The Morgan fingerprint density at radius 1 is 1.14 bits per heavy atom. The van der Waals surface area contributed by atoms with E-state index >= 15 is 0 Å². The highest BCUT2D eigenvalue weighted by Crippen LogP contribution is 2.28. The second-order valence-corrected chi connectivity index (χ2v) is 9.05. The lowest BCUT2D eigenvalue weighted by atomic mass is 9.87. The van der Waals surface area contributed by atoms with Gasteiger partial charge < -0.3 is 5.32 Å². The van der Waals surface area contributed by atoms with Gasteiger partial charge in [0.25, 0.3) is 0 Å². The monoisotopic (exact) mass is 308 g/mol. The fraction of sp³-hybridized carbons (Fsp3) is 0.778. The van der Waals surface area contributed by atoms with Crippen LogP contribution in [0.1, 0.15) is 63.1 Å². The van der Waals surface area contributed by atoms with Crippen molar-refractivity contribution in [3.63, 3.8) is 0 Å². The smallest absolute Gasteiger partial charge is 0.0327 e. The Labute approximate surface area is 134 Å². The third-order valence-corrected chi connectivity index (χ3v) is 5.59. The molecule has 1 saturated carbocycles. The average molecular weight is 309 g/mol. The highest BCUT2D eigenvalue weighted by atomic mass is 32.1. The summed E-state index contributed by atoms with van der Waals surface area (Å²) in [6.07, 6.45) is 5.56. The van der Waals surface area contributed by atoms with Gasteiger partial charge in [-0.05, 0) is 71.6 Å². The molecule has 21 heavy (non-hydrogen) atoms. The molecule has 0 radical (unpaired) electrons. The van der Waals surface area contributed by atoms with Crippen molar-refractivity contribution < 1.29 is 0 Å². The van der Waals surface area contributed by atoms with Gasteiger partial charge in [-0.1, -0.05) is 6.92 Å². The largest absolute Gasteiger partial charge is 0.307 e. The normalized spacial score (nSPS) is 23.7. The molecule has 1 aliphatic carbocycles. The molecule has 3 heteroatoms. The minimum atomic E-state index is 0.194. The predicted molar refractivity (Wildman–Crippen MR) is 93.8 cm³/mol. The molecule has 0 aliphatic heterocycles. The molecule has 1 fully saturated rings. The number of nitrogens with one attached hydrogen (secondary N) is 1. The molecular formula is C18H32N2S. The summed E-state index contributed by atoms with van der Waals surface area (Å²) in [7, 11) is 2.30. The molecule has 0 bridgehead atoms. The first-order valence-electron chi connectivity index (χ1n) is 8.36. The van der Waals surface area contributed by atoms with Gasteiger partial charge in [-0.3, -0.25) is 4.90 Å². The lowest BCUT2D eigenvalue weighted by Crippen LogP contribution is -2.34. The first-order valence-corrected chi connectivity index (χ1v) is 9.18. The molecule has 1 aliphatic rings. The first-order chi connectivity index (χ1) is 9.83. The Morgan fingerprint density at radius 2 is 1.76 bits per heavy atom. The van der Waals surface area contributed by atoms with Gasteiger partial charge in [0.2, 0.25) is 0 Å². The molecule has 0 saturated heterocycles. The van der Waals surface area contributed by atoms with Crippen molar-refractivity contribution in [3.8, 4) is 0 Å². The van der Waals surface area contributed by atoms with Crippen LogP contribution in [0.5, 0.6) is 0 Å². The van der Waals surface area contributed by atoms with E-state index in [1.807, 2.05) is 11.3 Å². The number of hydrogen-bond acceptors (Lipinski definition) is 3. The van der Waals surface area contributed by atoms with Crippen LogP contribution in [-0.2, 0) is 13.1 Å². The lowest BCUT2D eigenvalue weighted by molar-refractivity contribution is 0.165. The van der Waals surface area contributed by atoms with Gasteiger partial charge in [-0.15, -0.1) is 11.3 Å². The van der Waals surface area contributed by atoms with Gasteiger partial charge in [-0.2, -0.15) is 0 Å². The summed E-state index contributed by atoms with van der Waals surface area (Å²) < 4.78 is 0. The average Bonchev–Trinajstić information content (AvgIpc) is 2.84. The van der Waals surface area contributed by atoms with Gasteiger partial charge in [0.15, 0.2) is 0 Å². The standard InChI is InChI=1S/C18H32N2S/c1-14-6-8-15(9-7-14)20(5)13-17-11-10-16(21-17)12-19-18(2,3)4/h10-11,14-15,19H,6-9,12-13H2,1-5H3. The SMILES string of the molecule is CC1CCC(N(C)Cc2ccc(CNC(C)(C)C)s2)CC1. The van der Waals surface area contributed by atoms with Crippen LogP contribution in [0.25, 0.3) is 0 Å². The Kier molecular flexibility index (Phi) is 5.87. The molecule has 1 heterocycles.